The van der Waals surface area contributed by atoms with E-state index in [1.165, 1.54) is 7.11 Å². The number of hydrogen-bond donors (Lipinski definition) is 0. The molecule has 0 aliphatic heterocycles. The van der Waals surface area contributed by atoms with Crippen molar-refractivity contribution in [2.24, 2.45) is 0 Å². The van der Waals surface area contributed by atoms with E-state index in [4.69, 9.17) is 9.47 Å². The molecule has 0 radical (unpaired) electrons. The van der Waals surface area contributed by atoms with Crippen LogP contribution in [0.3, 0.4) is 0 Å². The van der Waals surface area contributed by atoms with Gasteiger partial charge in [-0.3, -0.25) is 9.59 Å². The Kier molecular flexibility index (Phi) is 5.33. The van der Waals surface area contributed by atoms with E-state index < -0.39 is 5.97 Å². The molecule has 1 aromatic heterocycles. The van der Waals surface area contributed by atoms with Gasteiger partial charge >= 0.3 is 5.97 Å². The lowest BCUT2D eigenvalue weighted by Crippen LogP contribution is -2.11. The van der Waals surface area contributed by atoms with Gasteiger partial charge in [-0.2, -0.15) is 0 Å². The first-order chi connectivity index (χ1) is 10.5. The van der Waals surface area contributed by atoms with Crippen LogP contribution < -0.4 is 9.47 Å². The second kappa shape index (κ2) is 7.22. The van der Waals surface area contributed by atoms with Crippen molar-refractivity contribution in [2.75, 3.05) is 7.11 Å². The fourth-order valence-electron chi connectivity index (χ4n) is 2.13. The van der Waals surface area contributed by atoms with Gasteiger partial charge in [0, 0.05) is 21.7 Å². The molecule has 0 bridgehead atoms. The Morgan fingerprint density at radius 2 is 1.77 bits per heavy atom. The summed E-state index contributed by atoms with van der Waals surface area (Å²) in [6.45, 7) is 3.88. The molecule has 0 amide bonds. The number of Topliss-reactive ketones (excluding diaryl/α,β-unsaturated/α-hetero) is 1. The first-order valence-electron chi connectivity index (χ1n) is 6.95. The Bertz CT molecular complexity index is 688. The first-order valence-corrected chi connectivity index (χ1v) is 7.77. The Morgan fingerprint density at radius 3 is 2.36 bits per heavy atom. The number of methoxy groups -OCH3 is 1. The van der Waals surface area contributed by atoms with Crippen molar-refractivity contribution < 1.29 is 19.1 Å². The number of ketones is 1. The molecule has 0 saturated heterocycles. The average molecular weight is 318 g/mol. The lowest BCUT2D eigenvalue weighted by atomic mass is 10.1. The molecule has 1 heterocycles. The largest absolute Gasteiger partial charge is 0.493 e. The maximum Gasteiger partial charge on any atom is 0.311 e. The zero-order valence-electron chi connectivity index (χ0n) is 12.8. The highest BCUT2D eigenvalue weighted by Crippen LogP contribution is 2.26. The third-order valence-corrected chi connectivity index (χ3v) is 4.16. The number of aryl methyl sites for hydroxylation is 2. The van der Waals surface area contributed by atoms with E-state index in [2.05, 4.69) is 0 Å². The summed E-state index contributed by atoms with van der Waals surface area (Å²) in [7, 11) is 1.51. The van der Waals surface area contributed by atoms with Crippen LogP contribution in [-0.2, 0) is 4.79 Å². The second-order valence-electron chi connectivity index (χ2n) is 4.88. The number of benzene rings is 1. The van der Waals surface area contributed by atoms with E-state index in [0.29, 0.717) is 17.1 Å². The van der Waals surface area contributed by atoms with Crippen molar-refractivity contribution in [2.45, 2.75) is 26.7 Å². The summed E-state index contributed by atoms with van der Waals surface area (Å²) in [6.07, 6.45) is 0.191. The fourth-order valence-corrected chi connectivity index (χ4v) is 3.08. The normalized spacial score (nSPS) is 10.3. The third-order valence-electron chi connectivity index (χ3n) is 3.19. The van der Waals surface area contributed by atoms with Crippen LogP contribution in [0.4, 0.5) is 0 Å². The summed E-state index contributed by atoms with van der Waals surface area (Å²) < 4.78 is 10.4. The van der Waals surface area contributed by atoms with E-state index in [-0.39, 0.29) is 18.6 Å². The lowest BCUT2D eigenvalue weighted by molar-refractivity contribution is -0.134. The monoisotopic (exact) mass is 318 g/mol. The Morgan fingerprint density at radius 1 is 1.09 bits per heavy atom. The van der Waals surface area contributed by atoms with E-state index in [9.17, 15) is 9.59 Å². The standard InChI is InChI=1S/C17H18O4S/c1-11-10-13(12(2)22-11)14(18)8-9-17(19)21-16-7-5-4-6-15(16)20-3/h4-7,10H,8-9H2,1-3H3. The van der Waals surface area contributed by atoms with Crippen LogP contribution in [0.1, 0.15) is 33.0 Å². The van der Waals surface area contributed by atoms with Crippen molar-refractivity contribution in [3.05, 3.63) is 45.6 Å². The number of para-hydroxylation sites is 2. The Hall–Kier alpha value is -2.14. The van der Waals surface area contributed by atoms with Gasteiger partial charge in [-0.25, -0.2) is 0 Å². The van der Waals surface area contributed by atoms with Gasteiger partial charge in [0.05, 0.1) is 13.5 Å². The lowest BCUT2D eigenvalue weighted by Gasteiger charge is -2.08. The van der Waals surface area contributed by atoms with Crippen LogP contribution in [-0.4, -0.2) is 18.9 Å². The van der Waals surface area contributed by atoms with E-state index >= 15 is 0 Å². The highest BCUT2D eigenvalue weighted by Gasteiger charge is 2.15. The number of rotatable bonds is 6. The highest BCUT2D eigenvalue weighted by molar-refractivity contribution is 7.12. The van der Waals surface area contributed by atoms with Gasteiger partial charge in [0.2, 0.25) is 0 Å². The molecule has 2 rings (SSSR count). The summed E-state index contributed by atoms with van der Waals surface area (Å²) in [5.41, 5.74) is 0.701. The minimum atomic E-state index is -0.442. The maximum atomic E-state index is 12.1. The Labute approximate surface area is 133 Å². The summed E-state index contributed by atoms with van der Waals surface area (Å²) in [4.78, 5) is 26.1. The average Bonchev–Trinajstić information content (AvgIpc) is 2.84. The summed E-state index contributed by atoms with van der Waals surface area (Å²) >= 11 is 1.59. The minimum Gasteiger partial charge on any atom is -0.493 e. The molecular formula is C17H18O4S. The summed E-state index contributed by atoms with van der Waals surface area (Å²) in [5.74, 6) is 0.387. The first kappa shape index (κ1) is 16.2. The molecule has 0 saturated carbocycles. The van der Waals surface area contributed by atoms with Crippen molar-refractivity contribution in [3.63, 3.8) is 0 Å². The van der Waals surface area contributed by atoms with Gasteiger partial charge in [-0.05, 0) is 32.0 Å². The van der Waals surface area contributed by atoms with Crippen LogP contribution in [0, 0.1) is 13.8 Å². The van der Waals surface area contributed by atoms with Crippen LogP contribution >= 0.6 is 11.3 Å². The zero-order valence-corrected chi connectivity index (χ0v) is 13.7. The predicted molar refractivity (Wildman–Crippen MR) is 86.0 cm³/mol. The highest BCUT2D eigenvalue weighted by atomic mass is 32.1. The van der Waals surface area contributed by atoms with Crippen LogP contribution in [0.25, 0.3) is 0 Å². The van der Waals surface area contributed by atoms with Gasteiger partial charge in [-0.1, -0.05) is 12.1 Å². The van der Waals surface area contributed by atoms with Crippen LogP contribution in [0.15, 0.2) is 30.3 Å². The van der Waals surface area contributed by atoms with Crippen molar-refractivity contribution in [1.29, 1.82) is 0 Å². The van der Waals surface area contributed by atoms with Crippen molar-refractivity contribution in [3.8, 4) is 11.5 Å². The molecule has 0 aliphatic carbocycles. The van der Waals surface area contributed by atoms with E-state index in [0.717, 1.165) is 9.75 Å². The molecule has 116 valence electrons. The van der Waals surface area contributed by atoms with Gasteiger partial charge < -0.3 is 9.47 Å². The number of carbonyl (C=O) groups excluding carboxylic acids is 2. The van der Waals surface area contributed by atoms with Gasteiger partial charge in [-0.15, -0.1) is 11.3 Å². The topological polar surface area (TPSA) is 52.6 Å². The van der Waals surface area contributed by atoms with Gasteiger partial charge in [0.1, 0.15) is 0 Å². The number of thiophene rings is 1. The Balaban J connectivity index is 1.93. The molecule has 0 fully saturated rings. The predicted octanol–water partition coefficient (Wildman–Crippen LogP) is 3.94. The van der Waals surface area contributed by atoms with E-state index in [1.807, 2.05) is 19.9 Å². The number of ether oxygens (including phenoxy) is 2. The maximum absolute atomic E-state index is 12.1. The quantitative estimate of drug-likeness (QED) is 0.460. The minimum absolute atomic E-state index is 0.0289. The molecule has 0 N–H and O–H groups in total. The molecule has 2 aromatic rings. The molecule has 0 aliphatic rings. The SMILES string of the molecule is COc1ccccc1OC(=O)CCC(=O)c1cc(C)sc1C. The number of esters is 1. The third kappa shape index (κ3) is 3.95. The molecule has 0 unspecified atom stereocenters. The van der Waals surface area contributed by atoms with Crippen LogP contribution in [0.2, 0.25) is 0 Å². The number of carbonyl (C=O) groups is 2. The molecule has 0 spiro atoms. The summed E-state index contributed by atoms with van der Waals surface area (Å²) in [5, 5.41) is 0. The molecular weight excluding hydrogens is 300 g/mol. The molecule has 4 nitrogen and oxygen atoms in total. The molecule has 22 heavy (non-hydrogen) atoms. The molecule has 0 atom stereocenters. The molecule has 1 aromatic carbocycles. The van der Waals surface area contributed by atoms with Crippen LogP contribution in [0.5, 0.6) is 11.5 Å². The number of hydrogen-bond acceptors (Lipinski definition) is 5. The zero-order chi connectivity index (χ0) is 16.1. The van der Waals surface area contributed by atoms with E-state index in [1.54, 1.807) is 35.6 Å². The second-order valence-corrected chi connectivity index (χ2v) is 6.34. The van der Waals surface area contributed by atoms with Crippen molar-refractivity contribution >= 4 is 23.1 Å². The molecule has 5 heteroatoms. The van der Waals surface area contributed by atoms with Gasteiger partial charge in [0.25, 0.3) is 0 Å². The summed E-state index contributed by atoms with van der Waals surface area (Å²) in [6, 6.07) is 8.79. The van der Waals surface area contributed by atoms with Gasteiger partial charge in [0.15, 0.2) is 17.3 Å². The fraction of sp³-hybridized carbons (Fsp3) is 0.294. The smallest absolute Gasteiger partial charge is 0.311 e. The van der Waals surface area contributed by atoms with Crippen molar-refractivity contribution in [1.82, 2.24) is 0 Å².